The van der Waals surface area contributed by atoms with Gasteiger partial charge in [-0.2, -0.15) is 0 Å². The van der Waals surface area contributed by atoms with Crippen LogP contribution >= 0.6 is 0 Å². The number of nitrogens with zero attached hydrogens (tertiary/aromatic N) is 2. The van der Waals surface area contributed by atoms with Crippen LogP contribution in [0.5, 0.6) is 0 Å². The lowest BCUT2D eigenvalue weighted by Crippen LogP contribution is -2.39. The van der Waals surface area contributed by atoms with Crippen LogP contribution in [-0.4, -0.2) is 31.4 Å². The molecule has 0 aromatic heterocycles. The van der Waals surface area contributed by atoms with Crippen molar-refractivity contribution in [2.45, 2.75) is 32.7 Å². The monoisotopic (exact) mass is 383 g/mol. The zero-order valence-electron chi connectivity index (χ0n) is 16.2. The van der Waals surface area contributed by atoms with E-state index in [9.17, 15) is 14.0 Å². The molecule has 2 aromatic rings. The summed E-state index contributed by atoms with van der Waals surface area (Å²) in [6.45, 7) is 3.52. The number of piperidine rings is 1. The maximum atomic E-state index is 13.7. The van der Waals surface area contributed by atoms with Crippen molar-refractivity contribution in [2.75, 3.05) is 29.4 Å². The van der Waals surface area contributed by atoms with Gasteiger partial charge in [0.25, 0.3) is 0 Å². The second kappa shape index (κ2) is 9.35. The number of hydrogen-bond donors (Lipinski definition) is 1. The summed E-state index contributed by atoms with van der Waals surface area (Å²) in [4.78, 5) is 28.1. The SMILES string of the molecule is CC(=O)N(CC(=O)NCc1ccccc1F)c1ccc(N2CCCCC2)cc1. The van der Waals surface area contributed by atoms with Gasteiger partial charge in [0, 0.05) is 43.5 Å². The van der Waals surface area contributed by atoms with E-state index in [1.807, 2.05) is 24.3 Å². The predicted molar refractivity (Wildman–Crippen MR) is 109 cm³/mol. The molecule has 0 bridgehead atoms. The van der Waals surface area contributed by atoms with Crippen LogP contribution < -0.4 is 15.1 Å². The summed E-state index contributed by atoms with van der Waals surface area (Å²) < 4.78 is 13.7. The minimum atomic E-state index is -0.362. The third-order valence-electron chi connectivity index (χ3n) is 5.00. The van der Waals surface area contributed by atoms with E-state index < -0.39 is 0 Å². The normalized spacial score (nSPS) is 13.9. The Bertz CT molecular complexity index is 817. The van der Waals surface area contributed by atoms with Crippen molar-refractivity contribution < 1.29 is 14.0 Å². The first kappa shape index (κ1) is 19.9. The summed E-state index contributed by atoms with van der Waals surface area (Å²) in [7, 11) is 0. The van der Waals surface area contributed by atoms with E-state index >= 15 is 0 Å². The van der Waals surface area contributed by atoms with Gasteiger partial charge in [0.2, 0.25) is 11.8 Å². The molecule has 1 heterocycles. The van der Waals surface area contributed by atoms with Crippen LogP contribution in [0.2, 0.25) is 0 Å². The van der Waals surface area contributed by atoms with Gasteiger partial charge in [-0.1, -0.05) is 18.2 Å². The van der Waals surface area contributed by atoms with Crippen LogP contribution in [0.15, 0.2) is 48.5 Å². The van der Waals surface area contributed by atoms with Crippen molar-refractivity contribution >= 4 is 23.2 Å². The molecule has 1 fully saturated rings. The van der Waals surface area contributed by atoms with Gasteiger partial charge in [-0.3, -0.25) is 9.59 Å². The minimum absolute atomic E-state index is 0.0884. The van der Waals surface area contributed by atoms with E-state index in [-0.39, 0.29) is 30.7 Å². The molecule has 0 atom stereocenters. The third kappa shape index (κ3) is 5.09. The lowest BCUT2D eigenvalue weighted by Gasteiger charge is -2.29. The van der Waals surface area contributed by atoms with Gasteiger partial charge in [-0.25, -0.2) is 4.39 Å². The Morgan fingerprint density at radius 3 is 2.36 bits per heavy atom. The number of halogens is 1. The van der Waals surface area contributed by atoms with E-state index in [0.29, 0.717) is 11.3 Å². The molecule has 148 valence electrons. The highest BCUT2D eigenvalue weighted by atomic mass is 19.1. The Labute approximate surface area is 165 Å². The van der Waals surface area contributed by atoms with Crippen LogP contribution in [0.25, 0.3) is 0 Å². The second-order valence-electron chi connectivity index (χ2n) is 7.04. The molecule has 0 radical (unpaired) electrons. The molecule has 0 unspecified atom stereocenters. The van der Waals surface area contributed by atoms with Crippen LogP contribution in [0.1, 0.15) is 31.7 Å². The zero-order valence-corrected chi connectivity index (χ0v) is 16.2. The van der Waals surface area contributed by atoms with Crippen LogP contribution in [-0.2, 0) is 16.1 Å². The van der Waals surface area contributed by atoms with Crippen molar-refractivity contribution in [3.05, 3.63) is 59.9 Å². The summed E-state index contributed by atoms with van der Waals surface area (Å²) in [6, 6.07) is 14.0. The van der Waals surface area contributed by atoms with Gasteiger partial charge in [0.05, 0.1) is 0 Å². The maximum absolute atomic E-state index is 13.7. The van der Waals surface area contributed by atoms with Crippen LogP contribution in [0.4, 0.5) is 15.8 Å². The topological polar surface area (TPSA) is 52.7 Å². The van der Waals surface area contributed by atoms with E-state index in [1.54, 1.807) is 18.2 Å². The van der Waals surface area contributed by atoms with Crippen LogP contribution in [0.3, 0.4) is 0 Å². The number of nitrogens with one attached hydrogen (secondary N) is 1. The highest BCUT2D eigenvalue weighted by molar-refractivity contribution is 5.97. The first-order chi connectivity index (χ1) is 13.5. The Kier molecular flexibility index (Phi) is 6.63. The molecule has 28 heavy (non-hydrogen) atoms. The lowest BCUT2D eigenvalue weighted by molar-refractivity contribution is -0.123. The quantitative estimate of drug-likeness (QED) is 0.831. The molecule has 3 rings (SSSR count). The Morgan fingerprint density at radius 1 is 1.04 bits per heavy atom. The second-order valence-corrected chi connectivity index (χ2v) is 7.04. The zero-order chi connectivity index (χ0) is 19.9. The average molecular weight is 383 g/mol. The van der Waals surface area contributed by atoms with Crippen molar-refractivity contribution in [1.82, 2.24) is 5.32 Å². The fourth-order valence-electron chi connectivity index (χ4n) is 3.42. The van der Waals surface area contributed by atoms with E-state index in [2.05, 4.69) is 10.2 Å². The highest BCUT2D eigenvalue weighted by Gasteiger charge is 2.17. The summed E-state index contributed by atoms with van der Waals surface area (Å²) >= 11 is 0. The number of anilines is 2. The number of carbonyl (C=O) groups excluding carboxylic acids is 2. The molecule has 1 aliphatic rings. The Balaban J connectivity index is 1.61. The Hall–Kier alpha value is -2.89. The molecule has 0 aliphatic carbocycles. The molecule has 0 spiro atoms. The number of carbonyl (C=O) groups is 2. The van der Waals surface area contributed by atoms with Crippen molar-refractivity contribution in [3.8, 4) is 0 Å². The van der Waals surface area contributed by atoms with Gasteiger partial charge in [0.15, 0.2) is 0 Å². The number of rotatable bonds is 6. The standard InChI is InChI=1S/C22H26FN3O2/c1-17(27)26(16-22(28)24-15-18-7-3-4-8-21(18)23)20-11-9-19(10-12-20)25-13-5-2-6-14-25/h3-4,7-12H,2,5-6,13-16H2,1H3,(H,24,28). The molecular formula is C22H26FN3O2. The fourth-order valence-corrected chi connectivity index (χ4v) is 3.42. The first-order valence-corrected chi connectivity index (χ1v) is 9.68. The molecule has 1 aliphatic heterocycles. The molecule has 6 heteroatoms. The number of benzene rings is 2. The fraction of sp³-hybridized carbons (Fsp3) is 0.364. The van der Waals surface area contributed by atoms with Gasteiger partial charge in [0.1, 0.15) is 12.4 Å². The van der Waals surface area contributed by atoms with Gasteiger partial charge in [-0.05, 0) is 49.6 Å². The first-order valence-electron chi connectivity index (χ1n) is 9.68. The smallest absolute Gasteiger partial charge is 0.240 e. The summed E-state index contributed by atoms with van der Waals surface area (Å²) in [6.07, 6.45) is 3.67. The molecule has 2 aromatic carbocycles. The van der Waals surface area contributed by atoms with Crippen LogP contribution in [0, 0.1) is 5.82 Å². The van der Waals surface area contributed by atoms with E-state index in [1.165, 1.54) is 37.2 Å². The molecule has 5 nitrogen and oxygen atoms in total. The Morgan fingerprint density at radius 2 is 1.71 bits per heavy atom. The van der Waals surface area contributed by atoms with E-state index in [0.717, 1.165) is 18.8 Å². The largest absolute Gasteiger partial charge is 0.372 e. The summed E-state index contributed by atoms with van der Waals surface area (Å²) in [5.41, 5.74) is 2.22. The number of amides is 2. The van der Waals surface area contributed by atoms with Gasteiger partial charge < -0.3 is 15.1 Å². The molecule has 1 saturated heterocycles. The molecule has 0 saturated carbocycles. The maximum Gasteiger partial charge on any atom is 0.240 e. The highest BCUT2D eigenvalue weighted by Crippen LogP contribution is 2.23. The lowest BCUT2D eigenvalue weighted by atomic mass is 10.1. The van der Waals surface area contributed by atoms with E-state index in [4.69, 9.17) is 0 Å². The van der Waals surface area contributed by atoms with Gasteiger partial charge in [-0.15, -0.1) is 0 Å². The molecule has 1 N–H and O–H groups in total. The van der Waals surface area contributed by atoms with Crippen molar-refractivity contribution in [3.63, 3.8) is 0 Å². The molecule has 2 amide bonds. The third-order valence-corrected chi connectivity index (χ3v) is 5.00. The van der Waals surface area contributed by atoms with Crippen molar-refractivity contribution in [2.24, 2.45) is 0 Å². The number of hydrogen-bond acceptors (Lipinski definition) is 3. The predicted octanol–water partition coefficient (Wildman–Crippen LogP) is 3.49. The summed E-state index contributed by atoms with van der Waals surface area (Å²) in [5, 5.41) is 2.68. The average Bonchev–Trinajstić information content (AvgIpc) is 2.72. The minimum Gasteiger partial charge on any atom is -0.372 e. The molecular weight excluding hydrogens is 357 g/mol. The van der Waals surface area contributed by atoms with Crippen molar-refractivity contribution in [1.29, 1.82) is 0 Å². The van der Waals surface area contributed by atoms with Gasteiger partial charge >= 0.3 is 0 Å². The summed E-state index contributed by atoms with van der Waals surface area (Å²) in [5.74, 6) is -0.912.